The zero-order chi connectivity index (χ0) is 13.0. The van der Waals surface area contributed by atoms with Gasteiger partial charge in [-0.05, 0) is 0 Å². The van der Waals surface area contributed by atoms with Gasteiger partial charge in [-0.15, -0.1) is 4.91 Å². The molecule has 0 bridgehead atoms. The van der Waals surface area contributed by atoms with Gasteiger partial charge >= 0.3 is 6.03 Å². The third-order valence-corrected chi connectivity index (χ3v) is 2.43. The number of rotatable bonds is 3. The fraction of sp³-hybridized carbons (Fsp3) is 0.875. The van der Waals surface area contributed by atoms with Gasteiger partial charge in [0.25, 0.3) is 0 Å². The van der Waals surface area contributed by atoms with E-state index in [-0.39, 0.29) is 6.61 Å². The molecular formula is C8H15N3O6. The summed E-state index contributed by atoms with van der Waals surface area (Å²) in [6.07, 6.45) is -3.29. The van der Waals surface area contributed by atoms with Crippen LogP contribution in [-0.4, -0.2) is 66.6 Å². The van der Waals surface area contributed by atoms with E-state index in [1.54, 1.807) is 0 Å². The molecule has 9 nitrogen and oxygen atoms in total. The molecule has 1 aliphatic heterocycles. The summed E-state index contributed by atoms with van der Waals surface area (Å²) in [4.78, 5) is 21.5. The number of carbonyl (C=O) groups excluding carboxylic acids is 1. The van der Waals surface area contributed by atoms with Gasteiger partial charge in [0, 0.05) is 14.2 Å². The highest BCUT2D eigenvalue weighted by molar-refractivity contribution is 5.73. The van der Waals surface area contributed by atoms with Gasteiger partial charge in [-0.1, -0.05) is 0 Å². The van der Waals surface area contributed by atoms with Gasteiger partial charge in [0.1, 0.15) is 12.2 Å². The SMILES string of the molecule is CO[C@H]1OC[C@@H](O)[C@@H](NC(=O)N(C)N=O)[C@H]1O. The molecule has 17 heavy (non-hydrogen) atoms. The molecule has 0 aromatic heterocycles. The molecule has 1 fully saturated rings. The van der Waals surface area contributed by atoms with Gasteiger partial charge in [0.2, 0.25) is 0 Å². The van der Waals surface area contributed by atoms with E-state index in [2.05, 4.69) is 10.6 Å². The van der Waals surface area contributed by atoms with Crippen molar-refractivity contribution in [3.05, 3.63) is 4.91 Å². The van der Waals surface area contributed by atoms with Crippen LogP contribution in [0.3, 0.4) is 0 Å². The van der Waals surface area contributed by atoms with E-state index in [1.807, 2.05) is 0 Å². The first kappa shape index (κ1) is 13.8. The highest BCUT2D eigenvalue weighted by Crippen LogP contribution is 2.16. The zero-order valence-electron chi connectivity index (χ0n) is 9.44. The summed E-state index contributed by atoms with van der Waals surface area (Å²) >= 11 is 0. The van der Waals surface area contributed by atoms with Gasteiger partial charge in [0.15, 0.2) is 6.29 Å². The van der Waals surface area contributed by atoms with Crippen molar-refractivity contribution >= 4 is 6.03 Å². The lowest BCUT2D eigenvalue weighted by Crippen LogP contribution is -2.61. The van der Waals surface area contributed by atoms with Crippen LogP contribution in [-0.2, 0) is 9.47 Å². The molecule has 0 spiro atoms. The predicted octanol–water partition coefficient (Wildman–Crippen LogP) is -1.60. The summed E-state index contributed by atoms with van der Waals surface area (Å²) in [5.74, 6) is 0. The van der Waals surface area contributed by atoms with E-state index < -0.39 is 30.6 Å². The standard InChI is InChI=1S/C8H15N3O6/c1-11(10-15)8(14)9-5-4(12)3-17-7(16-2)6(5)13/h4-7,12-13H,3H2,1-2H3,(H,9,14)/t4-,5-,6-,7+/m1/s1. The maximum Gasteiger partial charge on any atom is 0.340 e. The van der Waals surface area contributed by atoms with Crippen LogP contribution in [0.5, 0.6) is 0 Å². The van der Waals surface area contributed by atoms with Crippen LogP contribution >= 0.6 is 0 Å². The summed E-state index contributed by atoms with van der Waals surface area (Å²) in [5.41, 5.74) is 0. The van der Waals surface area contributed by atoms with Crippen molar-refractivity contribution in [2.75, 3.05) is 20.8 Å². The Balaban J connectivity index is 2.66. The summed E-state index contributed by atoms with van der Waals surface area (Å²) in [6.45, 7) is -0.0985. The summed E-state index contributed by atoms with van der Waals surface area (Å²) in [6, 6.07) is -1.83. The van der Waals surface area contributed by atoms with Crippen LogP contribution in [0.1, 0.15) is 0 Å². The van der Waals surface area contributed by atoms with E-state index in [9.17, 15) is 19.9 Å². The van der Waals surface area contributed by atoms with Gasteiger partial charge in [0.05, 0.1) is 17.9 Å². The highest BCUT2D eigenvalue weighted by atomic mass is 16.7. The molecule has 1 saturated heterocycles. The molecule has 1 aliphatic rings. The molecule has 9 heteroatoms. The lowest BCUT2D eigenvalue weighted by atomic mass is 10.0. The summed E-state index contributed by atoms with van der Waals surface area (Å²) < 4.78 is 9.79. The average molecular weight is 249 g/mol. The second-order valence-corrected chi connectivity index (χ2v) is 3.58. The number of nitrogens with one attached hydrogen (secondary N) is 1. The van der Waals surface area contributed by atoms with Crippen molar-refractivity contribution in [3.63, 3.8) is 0 Å². The average Bonchev–Trinajstić information content (AvgIpc) is 2.33. The molecule has 98 valence electrons. The van der Waals surface area contributed by atoms with Crippen molar-refractivity contribution in [1.29, 1.82) is 0 Å². The first-order valence-corrected chi connectivity index (χ1v) is 4.89. The predicted molar refractivity (Wildman–Crippen MR) is 54.6 cm³/mol. The fourth-order valence-corrected chi connectivity index (χ4v) is 1.45. The second kappa shape index (κ2) is 5.87. The van der Waals surface area contributed by atoms with Gasteiger partial charge < -0.3 is 25.0 Å². The van der Waals surface area contributed by atoms with Crippen LogP contribution in [0, 0.1) is 4.91 Å². The number of nitrogens with zero attached hydrogens (tertiary/aromatic N) is 2. The lowest BCUT2D eigenvalue weighted by Gasteiger charge is -2.37. The number of ether oxygens (including phenoxy) is 2. The minimum Gasteiger partial charge on any atom is -0.388 e. The molecule has 1 rings (SSSR count). The van der Waals surface area contributed by atoms with E-state index in [0.29, 0.717) is 5.01 Å². The van der Waals surface area contributed by atoms with Gasteiger partial charge in [-0.25, -0.2) is 4.79 Å². The Morgan fingerprint density at radius 1 is 1.59 bits per heavy atom. The number of hydrogen-bond acceptors (Lipinski definition) is 7. The molecule has 0 unspecified atom stereocenters. The Labute approximate surface area is 97.2 Å². The number of aliphatic hydroxyl groups is 2. The Hall–Kier alpha value is -1.29. The quantitative estimate of drug-likeness (QED) is 0.409. The number of nitroso groups, excluding NO2 is 1. The van der Waals surface area contributed by atoms with Crippen LogP contribution in [0.2, 0.25) is 0 Å². The maximum absolute atomic E-state index is 11.3. The Kier molecular flexibility index (Phi) is 4.75. The van der Waals surface area contributed by atoms with Crippen molar-refractivity contribution in [1.82, 2.24) is 10.3 Å². The molecule has 0 radical (unpaired) electrons. The lowest BCUT2D eigenvalue weighted by molar-refractivity contribution is -0.234. The van der Waals surface area contributed by atoms with E-state index in [4.69, 9.17) is 9.47 Å². The first-order chi connectivity index (χ1) is 8.01. The minimum absolute atomic E-state index is 0.0985. The molecule has 3 N–H and O–H groups in total. The van der Waals surface area contributed by atoms with E-state index in [1.165, 1.54) is 7.11 Å². The number of hydrogen-bond donors (Lipinski definition) is 3. The monoisotopic (exact) mass is 249 g/mol. The third-order valence-electron chi connectivity index (χ3n) is 2.43. The number of urea groups is 1. The van der Waals surface area contributed by atoms with Crippen LogP contribution < -0.4 is 5.32 Å². The number of carbonyl (C=O) groups is 1. The largest absolute Gasteiger partial charge is 0.388 e. The topological polar surface area (TPSA) is 121 Å². The normalized spacial score (nSPS) is 32.9. The molecule has 1 heterocycles. The van der Waals surface area contributed by atoms with Gasteiger partial charge in [-0.3, -0.25) is 0 Å². The second-order valence-electron chi connectivity index (χ2n) is 3.58. The molecular weight excluding hydrogens is 234 g/mol. The Morgan fingerprint density at radius 2 is 2.24 bits per heavy atom. The van der Waals surface area contributed by atoms with E-state index in [0.717, 1.165) is 7.05 Å². The zero-order valence-corrected chi connectivity index (χ0v) is 9.44. The molecule has 2 amide bonds. The van der Waals surface area contributed by atoms with Crippen molar-refractivity contribution in [2.24, 2.45) is 5.29 Å². The van der Waals surface area contributed by atoms with Crippen molar-refractivity contribution in [2.45, 2.75) is 24.5 Å². The van der Waals surface area contributed by atoms with Crippen molar-refractivity contribution < 1.29 is 24.5 Å². The number of methoxy groups -OCH3 is 1. The minimum atomic E-state index is -1.24. The van der Waals surface area contributed by atoms with Gasteiger partial charge in [-0.2, -0.15) is 5.01 Å². The van der Waals surface area contributed by atoms with Crippen molar-refractivity contribution in [3.8, 4) is 0 Å². The summed E-state index contributed by atoms with van der Waals surface area (Å²) in [7, 11) is 2.47. The maximum atomic E-state index is 11.3. The number of aliphatic hydroxyl groups excluding tert-OH is 2. The van der Waals surface area contributed by atoms with Crippen LogP contribution in [0.25, 0.3) is 0 Å². The highest BCUT2D eigenvalue weighted by Gasteiger charge is 2.40. The third kappa shape index (κ3) is 3.09. The Morgan fingerprint density at radius 3 is 2.76 bits per heavy atom. The smallest absolute Gasteiger partial charge is 0.340 e. The van der Waals surface area contributed by atoms with Crippen LogP contribution in [0.15, 0.2) is 5.29 Å². The molecule has 0 aliphatic carbocycles. The molecule has 4 atom stereocenters. The Bertz CT molecular complexity index is 288. The number of amides is 2. The molecule has 0 saturated carbocycles. The molecule has 0 aromatic carbocycles. The fourth-order valence-electron chi connectivity index (χ4n) is 1.45. The van der Waals surface area contributed by atoms with Crippen LogP contribution in [0.4, 0.5) is 4.79 Å². The van der Waals surface area contributed by atoms with E-state index >= 15 is 0 Å². The summed E-state index contributed by atoms with van der Waals surface area (Å²) in [5, 5.41) is 24.5. The first-order valence-electron chi connectivity index (χ1n) is 4.89. The molecule has 0 aromatic rings.